The van der Waals surface area contributed by atoms with Gasteiger partial charge in [-0.15, -0.1) is 0 Å². The average molecular weight is 158 g/mol. The molecular formula is C8H14O3. The molecule has 0 aromatic carbocycles. The number of carbonyl (C=O) groups excluding carboxylic acids is 1. The lowest BCUT2D eigenvalue weighted by atomic mass is 9.94. The van der Waals surface area contributed by atoms with Gasteiger partial charge in [-0.2, -0.15) is 0 Å². The first-order valence-electron chi connectivity index (χ1n) is 4.02. The molecule has 0 aliphatic carbocycles. The van der Waals surface area contributed by atoms with Gasteiger partial charge in [0.05, 0.1) is 0 Å². The van der Waals surface area contributed by atoms with E-state index in [2.05, 4.69) is 0 Å². The zero-order chi connectivity index (χ0) is 8.48. The summed E-state index contributed by atoms with van der Waals surface area (Å²) in [5.74, 6) is 0. The van der Waals surface area contributed by atoms with E-state index in [1.807, 2.05) is 20.8 Å². The van der Waals surface area contributed by atoms with Crippen LogP contribution in [0.3, 0.4) is 0 Å². The zero-order valence-electron chi connectivity index (χ0n) is 7.22. The summed E-state index contributed by atoms with van der Waals surface area (Å²) in [6, 6.07) is 0. The van der Waals surface area contributed by atoms with Gasteiger partial charge in [0.15, 0.2) is 0 Å². The lowest BCUT2D eigenvalue weighted by Gasteiger charge is -2.23. The summed E-state index contributed by atoms with van der Waals surface area (Å²) in [7, 11) is 0. The second-order valence-corrected chi connectivity index (χ2v) is 3.03. The highest BCUT2D eigenvalue weighted by atomic mass is 16.8. The van der Waals surface area contributed by atoms with Crippen LogP contribution in [0, 0.1) is 0 Å². The van der Waals surface area contributed by atoms with Gasteiger partial charge >= 0.3 is 6.16 Å². The Morgan fingerprint density at radius 1 is 1.55 bits per heavy atom. The van der Waals surface area contributed by atoms with Crippen LogP contribution >= 0.6 is 0 Å². The van der Waals surface area contributed by atoms with E-state index < -0.39 is 11.8 Å². The van der Waals surface area contributed by atoms with Gasteiger partial charge in [-0.3, -0.25) is 0 Å². The van der Waals surface area contributed by atoms with Gasteiger partial charge in [0.2, 0.25) is 0 Å². The van der Waals surface area contributed by atoms with E-state index in [1.165, 1.54) is 0 Å². The minimum Gasteiger partial charge on any atom is -0.427 e. The van der Waals surface area contributed by atoms with E-state index in [9.17, 15) is 4.79 Å². The minimum absolute atomic E-state index is 0.0694. The quantitative estimate of drug-likeness (QED) is 0.577. The summed E-state index contributed by atoms with van der Waals surface area (Å²) in [6.07, 6.45) is 1.02. The number of ether oxygens (including phenoxy) is 2. The van der Waals surface area contributed by atoms with Crippen molar-refractivity contribution in [3.63, 3.8) is 0 Å². The van der Waals surface area contributed by atoms with E-state index in [-0.39, 0.29) is 6.10 Å². The number of rotatable bonds is 2. The molecule has 0 aromatic heterocycles. The standard InChI is InChI=1S/C8H14O3/c1-4-6-8(3,5-2)11-7(9)10-6/h6H,4-5H2,1-3H3. The highest BCUT2D eigenvalue weighted by Gasteiger charge is 2.44. The fourth-order valence-electron chi connectivity index (χ4n) is 1.34. The van der Waals surface area contributed by atoms with Crippen LogP contribution in [0.25, 0.3) is 0 Å². The van der Waals surface area contributed by atoms with E-state index >= 15 is 0 Å². The molecule has 0 radical (unpaired) electrons. The average Bonchev–Trinajstić information content (AvgIpc) is 2.27. The highest BCUT2D eigenvalue weighted by molar-refractivity contribution is 5.63. The van der Waals surface area contributed by atoms with Crippen molar-refractivity contribution in [3.05, 3.63) is 0 Å². The molecule has 11 heavy (non-hydrogen) atoms. The largest absolute Gasteiger partial charge is 0.509 e. The van der Waals surface area contributed by atoms with Crippen LogP contribution in [-0.2, 0) is 9.47 Å². The first-order chi connectivity index (χ1) is 5.12. The Labute approximate surface area is 66.7 Å². The second-order valence-electron chi connectivity index (χ2n) is 3.03. The molecule has 1 fully saturated rings. The van der Waals surface area contributed by atoms with Gasteiger partial charge < -0.3 is 9.47 Å². The van der Waals surface area contributed by atoms with Crippen molar-refractivity contribution < 1.29 is 14.3 Å². The summed E-state index contributed by atoms with van der Waals surface area (Å²) in [4.78, 5) is 10.7. The van der Waals surface area contributed by atoms with Crippen molar-refractivity contribution in [2.75, 3.05) is 0 Å². The lowest BCUT2D eigenvalue weighted by Crippen LogP contribution is -2.35. The van der Waals surface area contributed by atoms with Gasteiger partial charge in [-0.05, 0) is 19.8 Å². The third-order valence-electron chi connectivity index (χ3n) is 2.31. The van der Waals surface area contributed by atoms with Crippen LogP contribution in [-0.4, -0.2) is 17.9 Å². The molecular weight excluding hydrogens is 144 g/mol. The van der Waals surface area contributed by atoms with Gasteiger partial charge in [0, 0.05) is 0 Å². The number of hydrogen-bond donors (Lipinski definition) is 0. The predicted molar refractivity (Wildman–Crippen MR) is 40.3 cm³/mol. The van der Waals surface area contributed by atoms with Crippen LogP contribution in [0.2, 0.25) is 0 Å². The SMILES string of the molecule is CCC1OC(=O)OC1(C)CC. The Balaban J connectivity index is 2.71. The van der Waals surface area contributed by atoms with Crippen molar-refractivity contribution in [2.45, 2.75) is 45.3 Å². The summed E-state index contributed by atoms with van der Waals surface area (Å²) in [5, 5.41) is 0. The van der Waals surface area contributed by atoms with Crippen LogP contribution in [0.5, 0.6) is 0 Å². The normalized spacial score (nSPS) is 36.6. The fraction of sp³-hybridized carbons (Fsp3) is 0.875. The van der Waals surface area contributed by atoms with Crippen LogP contribution in [0.4, 0.5) is 4.79 Å². The second kappa shape index (κ2) is 2.72. The molecule has 1 aliphatic heterocycles. The van der Waals surface area contributed by atoms with E-state index in [0.29, 0.717) is 0 Å². The summed E-state index contributed by atoms with van der Waals surface area (Å²) in [5.41, 5.74) is -0.397. The molecule has 3 nitrogen and oxygen atoms in total. The Bertz CT molecular complexity index is 167. The molecule has 0 saturated carbocycles. The van der Waals surface area contributed by atoms with Gasteiger partial charge in [-0.25, -0.2) is 4.79 Å². The Morgan fingerprint density at radius 2 is 2.18 bits per heavy atom. The fourth-order valence-corrected chi connectivity index (χ4v) is 1.34. The molecule has 0 amide bonds. The third kappa shape index (κ3) is 1.32. The maximum atomic E-state index is 10.7. The molecule has 1 rings (SSSR count). The smallest absolute Gasteiger partial charge is 0.427 e. The van der Waals surface area contributed by atoms with E-state index in [1.54, 1.807) is 0 Å². The number of cyclic esters (lactones) is 2. The van der Waals surface area contributed by atoms with Gasteiger partial charge in [0.1, 0.15) is 11.7 Å². The third-order valence-corrected chi connectivity index (χ3v) is 2.31. The molecule has 0 bridgehead atoms. The summed E-state index contributed by atoms with van der Waals surface area (Å²) >= 11 is 0. The lowest BCUT2D eigenvalue weighted by molar-refractivity contribution is 0.0412. The van der Waals surface area contributed by atoms with Crippen molar-refractivity contribution in [3.8, 4) is 0 Å². The van der Waals surface area contributed by atoms with Gasteiger partial charge in [0.25, 0.3) is 0 Å². The predicted octanol–water partition coefficient (Wildman–Crippen LogP) is 2.10. The minimum atomic E-state index is -0.527. The number of carbonyl (C=O) groups is 1. The first kappa shape index (κ1) is 8.37. The Kier molecular flexibility index (Phi) is 2.07. The van der Waals surface area contributed by atoms with E-state index in [4.69, 9.17) is 9.47 Å². The van der Waals surface area contributed by atoms with Crippen molar-refractivity contribution in [2.24, 2.45) is 0 Å². The van der Waals surface area contributed by atoms with Crippen LogP contribution < -0.4 is 0 Å². The maximum absolute atomic E-state index is 10.7. The Hall–Kier alpha value is -0.730. The molecule has 1 aliphatic rings. The summed E-state index contributed by atoms with van der Waals surface area (Å²) in [6.45, 7) is 5.89. The van der Waals surface area contributed by atoms with Gasteiger partial charge in [-0.1, -0.05) is 13.8 Å². The summed E-state index contributed by atoms with van der Waals surface area (Å²) < 4.78 is 10.00. The molecule has 1 saturated heterocycles. The molecule has 0 aromatic rings. The first-order valence-corrected chi connectivity index (χ1v) is 4.02. The molecule has 1 heterocycles. The highest BCUT2D eigenvalue weighted by Crippen LogP contribution is 2.31. The molecule has 3 heteroatoms. The van der Waals surface area contributed by atoms with Crippen molar-refractivity contribution >= 4 is 6.16 Å². The molecule has 0 spiro atoms. The monoisotopic (exact) mass is 158 g/mol. The topological polar surface area (TPSA) is 35.5 Å². The van der Waals surface area contributed by atoms with Crippen molar-refractivity contribution in [1.29, 1.82) is 0 Å². The number of hydrogen-bond acceptors (Lipinski definition) is 3. The van der Waals surface area contributed by atoms with Crippen LogP contribution in [0.1, 0.15) is 33.6 Å². The molecule has 0 N–H and O–H groups in total. The zero-order valence-corrected chi connectivity index (χ0v) is 7.22. The van der Waals surface area contributed by atoms with Crippen molar-refractivity contribution in [1.82, 2.24) is 0 Å². The van der Waals surface area contributed by atoms with Crippen LogP contribution in [0.15, 0.2) is 0 Å². The Morgan fingerprint density at radius 3 is 2.55 bits per heavy atom. The van der Waals surface area contributed by atoms with E-state index in [0.717, 1.165) is 12.8 Å². The molecule has 64 valence electrons. The maximum Gasteiger partial charge on any atom is 0.509 e. The molecule has 2 atom stereocenters. The molecule has 2 unspecified atom stereocenters.